The molecule has 4 rings (SSSR count). The summed E-state index contributed by atoms with van der Waals surface area (Å²) in [6, 6.07) is 7.24. The molecule has 2 aliphatic heterocycles. The second-order valence-electron chi connectivity index (χ2n) is 9.27. The molecule has 168 valence electrons. The van der Waals surface area contributed by atoms with Crippen LogP contribution in [0.2, 0.25) is 0 Å². The Labute approximate surface area is 185 Å². The van der Waals surface area contributed by atoms with Crippen molar-refractivity contribution in [2.24, 2.45) is 11.8 Å². The monoisotopic (exact) mass is 444 g/mol. The van der Waals surface area contributed by atoms with E-state index in [0.29, 0.717) is 50.1 Å². The molecule has 0 saturated carbocycles. The SMILES string of the molecule is Cc1cnc2c(S(=O)(=O)N3CCN(CC(=O)N4C[C@@H](C)C[C@H](C)C4)CC3)cccc2c1. The van der Waals surface area contributed by atoms with Gasteiger partial charge in [-0.25, -0.2) is 8.42 Å². The maximum Gasteiger partial charge on any atom is 0.245 e. The standard InChI is InChI=1S/C23H32N4O3S/c1-17-12-20-5-4-6-21(23(20)24-13-17)31(29,30)27-9-7-25(8-10-27)16-22(28)26-14-18(2)11-19(3)15-26/h4-6,12-13,18-19H,7-11,14-16H2,1-3H3/t18-,19-/m0/s1. The minimum Gasteiger partial charge on any atom is -0.341 e. The van der Waals surface area contributed by atoms with E-state index in [1.54, 1.807) is 18.3 Å². The first kappa shape index (κ1) is 22.2. The van der Waals surface area contributed by atoms with Crippen LogP contribution in [0.1, 0.15) is 25.8 Å². The Balaban J connectivity index is 1.41. The third kappa shape index (κ3) is 4.76. The molecule has 0 radical (unpaired) electrons. The van der Waals surface area contributed by atoms with E-state index in [1.165, 1.54) is 10.7 Å². The summed E-state index contributed by atoms with van der Waals surface area (Å²) < 4.78 is 28.2. The van der Waals surface area contributed by atoms with Crippen molar-refractivity contribution in [1.82, 2.24) is 19.1 Å². The number of amides is 1. The summed E-state index contributed by atoms with van der Waals surface area (Å²) >= 11 is 0. The fraction of sp³-hybridized carbons (Fsp3) is 0.565. The third-order valence-electron chi connectivity index (χ3n) is 6.34. The quantitative estimate of drug-likeness (QED) is 0.724. The highest BCUT2D eigenvalue weighted by Gasteiger charge is 2.32. The first-order valence-corrected chi connectivity index (χ1v) is 12.5. The number of aromatic nitrogens is 1. The summed E-state index contributed by atoms with van der Waals surface area (Å²) in [6.07, 6.45) is 2.87. The first-order chi connectivity index (χ1) is 14.7. The van der Waals surface area contributed by atoms with Gasteiger partial charge >= 0.3 is 0 Å². The molecule has 0 unspecified atom stereocenters. The Kier molecular flexibility index (Phi) is 6.32. The lowest BCUT2D eigenvalue weighted by molar-refractivity contribution is -0.135. The Morgan fingerprint density at radius 2 is 1.77 bits per heavy atom. The number of nitrogens with zero attached hydrogens (tertiary/aromatic N) is 4. The molecule has 31 heavy (non-hydrogen) atoms. The number of carbonyl (C=O) groups is 1. The summed E-state index contributed by atoms with van der Waals surface area (Å²) in [4.78, 5) is 21.5. The van der Waals surface area contributed by atoms with Gasteiger partial charge in [0.25, 0.3) is 0 Å². The number of rotatable bonds is 4. The zero-order valence-electron chi connectivity index (χ0n) is 18.6. The van der Waals surface area contributed by atoms with Crippen LogP contribution in [0.5, 0.6) is 0 Å². The second kappa shape index (κ2) is 8.84. The largest absolute Gasteiger partial charge is 0.341 e. The molecular formula is C23H32N4O3S. The van der Waals surface area contributed by atoms with Crippen molar-refractivity contribution in [3.63, 3.8) is 0 Å². The van der Waals surface area contributed by atoms with Crippen LogP contribution in [0.3, 0.4) is 0 Å². The van der Waals surface area contributed by atoms with Gasteiger partial charge in [0.15, 0.2) is 0 Å². The Morgan fingerprint density at radius 3 is 2.45 bits per heavy atom. The number of piperidine rings is 1. The van der Waals surface area contributed by atoms with Gasteiger partial charge in [-0.15, -0.1) is 0 Å². The molecule has 1 amide bonds. The van der Waals surface area contributed by atoms with Crippen molar-refractivity contribution in [1.29, 1.82) is 0 Å². The molecule has 0 bridgehead atoms. The van der Waals surface area contributed by atoms with Crippen LogP contribution in [0.25, 0.3) is 10.9 Å². The molecule has 2 fully saturated rings. The van der Waals surface area contributed by atoms with E-state index in [0.717, 1.165) is 24.0 Å². The predicted molar refractivity (Wildman–Crippen MR) is 121 cm³/mol. The maximum absolute atomic E-state index is 13.3. The van der Waals surface area contributed by atoms with E-state index in [4.69, 9.17) is 0 Å². The summed E-state index contributed by atoms with van der Waals surface area (Å²) in [5.74, 6) is 1.23. The maximum atomic E-state index is 13.3. The van der Waals surface area contributed by atoms with E-state index in [9.17, 15) is 13.2 Å². The molecule has 0 aliphatic carbocycles. The van der Waals surface area contributed by atoms with Gasteiger partial charge in [0, 0.05) is 50.9 Å². The number of hydrogen-bond acceptors (Lipinski definition) is 5. The van der Waals surface area contributed by atoms with E-state index < -0.39 is 10.0 Å². The van der Waals surface area contributed by atoms with Crippen LogP contribution in [-0.2, 0) is 14.8 Å². The molecule has 2 aromatic rings. The van der Waals surface area contributed by atoms with E-state index >= 15 is 0 Å². The number of likely N-dealkylation sites (tertiary alicyclic amines) is 1. The van der Waals surface area contributed by atoms with Gasteiger partial charge in [-0.3, -0.25) is 14.7 Å². The summed E-state index contributed by atoms with van der Waals surface area (Å²) in [6.45, 7) is 10.2. The van der Waals surface area contributed by atoms with E-state index in [1.807, 2.05) is 24.0 Å². The van der Waals surface area contributed by atoms with Gasteiger partial charge in [-0.05, 0) is 42.9 Å². The highest BCUT2D eigenvalue weighted by molar-refractivity contribution is 7.89. The average Bonchev–Trinajstić information content (AvgIpc) is 2.72. The molecular weight excluding hydrogens is 412 g/mol. The first-order valence-electron chi connectivity index (χ1n) is 11.1. The number of aryl methyl sites for hydroxylation is 1. The predicted octanol–water partition coefficient (Wildman–Crippen LogP) is 2.35. The van der Waals surface area contributed by atoms with Crippen LogP contribution in [0.15, 0.2) is 35.4 Å². The Hall–Kier alpha value is -2.03. The number of benzene rings is 1. The number of carbonyl (C=O) groups excluding carboxylic acids is 1. The molecule has 2 saturated heterocycles. The fourth-order valence-electron chi connectivity index (χ4n) is 4.88. The van der Waals surface area contributed by atoms with E-state index in [-0.39, 0.29) is 10.8 Å². The lowest BCUT2D eigenvalue weighted by atomic mass is 9.92. The normalized spacial score (nSPS) is 23.9. The molecule has 1 aromatic heterocycles. The van der Waals surface area contributed by atoms with Crippen LogP contribution in [-0.4, -0.2) is 79.2 Å². The van der Waals surface area contributed by atoms with Crippen LogP contribution in [0.4, 0.5) is 0 Å². The molecule has 0 N–H and O–H groups in total. The van der Waals surface area contributed by atoms with Gasteiger partial charge in [0.1, 0.15) is 4.90 Å². The smallest absolute Gasteiger partial charge is 0.245 e. The Bertz CT molecular complexity index is 1050. The number of pyridine rings is 1. The number of para-hydroxylation sites is 1. The highest BCUT2D eigenvalue weighted by Crippen LogP contribution is 2.26. The summed E-state index contributed by atoms with van der Waals surface area (Å²) in [5, 5.41) is 0.829. The van der Waals surface area contributed by atoms with Crippen molar-refractivity contribution in [2.75, 3.05) is 45.8 Å². The van der Waals surface area contributed by atoms with Crippen molar-refractivity contribution in [2.45, 2.75) is 32.1 Å². The minimum atomic E-state index is -3.64. The van der Waals surface area contributed by atoms with Gasteiger partial charge in [0.05, 0.1) is 12.1 Å². The number of sulfonamides is 1. The minimum absolute atomic E-state index is 0.156. The van der Waals surface area contributed by atoms with Gasteiger partial charge < -0.3 is 4.90 Å². The lowest BCUT2D eigenvalue weighted by Crippen LogP contribution is -2.52. The van der Waals surface area contributed by atoms with Crippen LogP contribution in [0, 0.1) is 18.8 Å². The Morgan fingerprint density at radius 1 is 1.10 bits per heavy atom. The summed E-state index contributed by atoms with van der Waals surface area (Å²) in [5.41, 5.74) is 1.51. The van der Waals surface area contributed by atoms with E-state index in [2.05, 4.69) is 23.7 Å². The zero-order chi connectivity index (χ0) is 22.2. The highest BCUT2D eigenvalue weighted by atomic mass is 32.2. The zero-order valence-corrected chi connectivity index (χ0v) is 19.4. The lowest BCUT2D eigenvalue weighted by Gasteiger charge is -2.38. The van der Waals surface area contributed by atoms with Crippen molar-refractivity contribution in [3.8, 4) is 0 Å². The van der Waals surface area contributed by atoms with Crippen molar-refractivity contribution in [3.05, 3.63) is 36.0 Å². The number of hydrogen-bond donors (Lipinski definition) is 0. The topological polar surface area (TPSA) is 73.8 Å². The van der Waals surface area contributed by atoms with Crippen LogP contribution < -0.4 is 0 Å². The number of fused-ring (bicyclic) bond motifs is 1. The molecule has 7 nitrogen and oxygen atoms in total. The molecule has 2 atom stereocenters. The second-order valence-corrected chi connectivity index (χ2v) is 11.2. The fourth-order valence-corrected chi connectivity index (χ4v) is 6.46. The molecule has 2 aliphatic rings. The molecule has 3 heterocycles. The number of piperazine rings is 1. The molecule has 1 aromatic carbocycles. The van der Waals surface area contributed by atoms with Crippen molar-refractivity contribution >= 4 is 26.8 Å². The summed E-state index contributed by atoms with van der Waals surface area (Å²) in [7, 11) is -3.64. The molecule has 8 heteroatoms. The van der Waals surface area contributed by atoms with Gasteiger partial charge in [-0.2, -0.15) is 4.31 Å². The third-order valence-corrected chi connectivity index (χ3v) is 8.27. The van der Waals surface area contributed by atoms with Crippen molar-refractivity contribution < 1.29 is 13.2 Å². The van der Waals surface area contributed by atoms with Gasteiger partial charge in [-0.1, -0.05) is 26.0 Å². The average molecular weight is 445 g/mol. The van der Waals surface area contributed by atoms with Gasteiger partial charge in [0.2, 0.25) is 15.9 Å². The van der Waals surface area contributed by atoms with Crippen LogP contribution >= 0.6 is 0 Å². The molecule has 0 spiro atoms.